The van der Waals surface area contributed by atoms with Gasteiger partial charge >= 0.3 is 0 Å². The topological polar surface area (TPSA) is 58.6 Å². The minimum absolute atomic E-state index is 0.326. The van der Waals surface area contributed by atoms with Crippen LogP contribution in [0.1, 0.15) is 49.9 Å². The van der Waals surface area contributed by atoms with Gasteiger partial charge in [-0.3, -0.25) is 4.79 Å². The molecule has 6 nitrogen and oxygen atoms in total. The molecule has 0 N–H and O–H groups in total. The average molecular weight is 415 g/mol. The quantitative estimate of drug-likeness (QED) is 0.690. The number of aromatic nitrogens is 2. The molecule has 1 aromatic heterocycles. The lowest BCUT2D eigenvalue weighted by atomic mass is 10.0. The number of hydrogen-bond donors (Lipinski definition) is 0. The summed E-state index contributed by atoms with van der Waals surface area (Å²) in [7, 11) is 1.68. The number of carbonyl (C=O) groups is 1. The lowest BCUT2D eigenvalue weighted by Gasteiger charge is -2.34. The molecule has 1 saturated heterocycles. The van der Waals surface area contributed by atoms with E-state index in [1.807, 2.05) is 23.1 Å². The summed E-state index contributed by atoms with van der Waals surface area (Å²) < 4.78 is 9.83. The Balaban J connectivity index is 1.26. The van der Waals surface area contributed by atoms with Crippen LogP contribution in [0, 0.1) is 5.92 Å². The number of hydrogen-bond acceptors (Lipinski definition) is 6. The van der Waals surface area contributed by atoms with Gasteiger partial charge in [-0.1, -0.05) is 37.8 Å². The van der Waals surface area contributed by atoms with E-state index in [1.165, 1.54) is 37.2 Å². The molecule has 2 aliphatic rings. The first-order valence-electron chi connectivity index (χ1n) is 10.7. The first-order valence-corrected chi connectivity index (χ1v) is 11.5. The summed E-state index contributed by atoms with van der Waals surface area (Å²) in [6.45, 7) is 3.24. The SMILES string of the molecule is COc1cccc(Cc2nsc(N3CCN(C(=O)CCC4CCCC4)CC3)n2)c1. The maximum Gasteiger partial charge on any atom is 0.222 e. The van der Waals surface area contributed by atoms with Gasteiger partial charge in [0.15, 0.2) is 0 Å². The number of carbonyl (C=O) groups excluding carboxylic acids is 1. The van der Waals surface area contributed by atoms with Crippen LogP contribution in [-0.2, 0) is 11.2 Å². The Kier molecular flexibility index (Phi) is 6.64. The minimum Gasteiger partial charge on any atom is -0.497 e. The number of anilines is 1. The van der Waals surface area contributed by atoms with Crippen LogP contribution in [0.5, 0.6) is 5.75 Å². The van der Waals surface area contributed by atoms with Gasteiger partial charge in [0.2, 0.25) is 11.0 Å². The second-order valence-corrected chi connectivity index (χ2v) is 8.81. The van der Waals surface area contributed by atoms with Crippen LogP contribution in [0.15, 0.2) is 24.3 Å². The minimum atomic E-state index is 0.326. The van der Waals surface area contributed by atoms with Crippen molar-refractivity contribution in [3.63, 3.8) is 0 Å². The van der Waals surface area contributed by atoms with Crippen molar-refractivity contribution in [2.45, 2.75) is 44.9 Å². The monoisotopic (exact) mass is 414 g/mol. The Morgan fingerprint density at radius 1 is 1.21 bits per heavy atom. The molecule has 0 spiro atoms. The average Bonchev–Trinajstić information content (AvgIpc) is 3.44. The van der Waals surface area contributed by atoms with Gasteiger partial charge in [0, 0.05) is 50.6 Å². The molecule has 4 rings (SSSR count). The zero-order valence-electron chi connectivity index (χ0n) is 17.2. The predicted molar refractivity (Wildman–Crippen MR) is 116 cm³/mol. The number of piperazine rings is 1. The third-order valence-electron chi connectivity index (χ3n) is 6.10. The number of methoxy groups -OCH3 is 1. The maximum atomic E-state index is 12.5. The summed E-state index contributed by atoms with van der Waals surface area (Å²) in [5.41, 5.74) is 1.14. The molecule has 1 amide bonds. The van der Waals surface area contributed by atoms with Crippen molar-refractivity contribution < 1.29 is 9.53 Å². The molecule has 156 valence electrons. The molecule has 2 heterocycles. The van der Waals surface area contributed by atoms with Crippen molar-refractivity contribution in [1.29, 1.82) is 0 Å². The standard InChI is InChI=1S/C22H30N4O2S/c1-28-19-8-4-7-18(15-19)16-20-23-22(29-24-20)26-13-11-25(12-14-26)21(27)10-9-17-5-2-3-6-17/h4,7-8,15,17H,2-3,5-6,9-14,16H2,1H3. The van der Waals surface area contributed by atoms with E-state index in [9.17, 15) is 4.79 Å². The van der Waals surface area contributed by atoms with E-state index >= 15 is 0 Å². The Morgan fingerprint density at radius 2 is 2.00 bits per heavy atom. The van der Waals surface area contributed by atoms with E-state index in [2.05, 4.69) is 15.3 Å². The summed E-state index contributed by atoms with van der Waals surface area (Å²) in [4.78, 5) is 21.6. The number of nitrogens with zero attached hydrogens (tertiary/aromatic N) is 4. The van der Waals surface area contributed by atoms with E-state index in [1.54, 1.807) is 7.11 Å². The molecular formula is C22H30N4O2S. The fourth-order valence-corrected chi connectivity index (χ4v) is 5.08. The number of rotatable bonds is 7. The summed E-state index contributed by atoms with van der Waals surface area (Å²) in [6, 6.07) is 8.03. The summed E-state index contributed by atoms with van der Waals surface area (Å²) in [5, 5.41) is 0.959. The Morgan fingerprint density at radius 3 is 2.76 bits per heavy atom. The molecule has 2 aromatic rings. The number of benzene rings is 1. The number of ether oxygens (including phenoxy) is 1. The van der Waals surface area contributed by atoms with Gasteiger partial charge < -0.3 is 14.5 Å². The highest BCUT2D eigenvalue weighted by atomic mass is 32.1. The normalized spacial score (nSPS) is 17.7. The van der Waals surface area contributed by atoms with E-state index in [0.717, 1.165) is 60.8 Å². The zero-order chi connectivity index (χ0) is 20.1. The summed E-state index contributed by atoms with van der Waals surface area (Å²) in [6.07, 6.45) is 7.81. The molecule has 0 unspecified atom stereocenters. The maximum absolute atomic E-state index is 12.5. The summed E-state index contributed by atoms with van der Waals surface area (Å²) >= 11 is 1.45. The molecular weight excluding hydrogens is 384 g/mol. The Labute approximate surface area is 177 Å². The van der Waals surface area contributed by atoms with Gasteiger partial charge in [-0.2, -0.15) is 4.37 Å². The van der Waals surface area contributed by atoms with Gasteiger partial charge in [0.25, 0.3) is 0 Å². The van der Waals surface area contributed by atoms with Gasteiger partial charge in [-0.15, -0.1) is 0 Å². The van der Waals surface area contributed by atoms with E-state index < -0.39 is 0 Å². The molecule has 1 aromatic carbocycles. The van der Waals surface area contributed by atoms with Crippen molar-refractivity contribution >= 4 is 22.6 Å². The highest BCUT2D eigenvalue weighted by molar-refractivity contribution is 7.09. The van der Waals surface area contributed by atoms with Crippen molar-refractivity contribution in [1.82, 2.24) is 14.3 Å². The third-order valence-corrected chi connectivity index (χ3v) is 6.91. The Bertz CT molecular complexity index is 811. The van der Waals surface area contributed by atoms with Crippen LogP contribution in [0.4, 0.5) is 5.13 Å². The van der Waals surface area contributed by atoms with E-state index in [-0.39, 0.29) is 0 Å². The van der Waals surface area contributed by atoms with Crippen molar-refractivity contribution in [2.24, 2.45) is 5.92 Å². The second-order valence-electron chi connectivity index (χ2n) is 8.08. The highest BCUT2D eigenvalue weighted by Crippen LogP contribution is 2.29. The van der Waals surface area contributed by atoms with Crippen LogP contribution in [0.3, 0.4) is 0 Å². The second kappa shape index (κ2) is 9.57. The van der Waals surface area contributed by atoms with Crippen LogP contribution in [0.25, 0.3) is 0 Å². The molecule has 7 heteroatoms. The van der Waals surface area contributed by atoms with Gasteiger partial charge in [0.05, 0.1) is 7.11 Å². The van der Waals surface area contributed by atoms with Gasteiger partial charge in [0.1, 0.15) is 11.6 Å². The number of amides is 1. The molecule has 1 aliphatic carbocycles. The van der Waals surface area contributed by atoms with E-state index in [4.69, 9.17) is 9.72 Å². The lowest BCUT2D eigenvalue weighted by Crippen LogP contribution is -2.48. The van der Waals surface area contributed by atoms with E-state index in [0.29, 0.717) is 18.7 Å². The smallest absolute Gasteiger partial charge is 0.222 e. The first-order chi connectivity index (χ1) is 14.2. The first kappa shape index (κ1) is 20.1. The van der Waals surface area contributed by atoms with Crippen LogP contribution in [0.2, 0.25) is 0 Å². The molecule has 0 atom stereocenters. The van der Waals surface area contributed by atoms with Crippen molar-refractivity contribution in [2.75, 3.05) is 38.2 Å². The fraction of sp³-hybridized carbons (Fsp3) is 0.591. The van der Waals surface area contributed by atoms with Gasteiger partial charge in [-0.05, 0) is 30.0 Å². The predicted octanol–water partition coefficient (Wildman–Crippen LogP) is 3.76. The molecule has 0 bridgehead atoms. The van der Waals surface area contributed by atoms with Crippen LogP contribution >= 0.6 is 11.5 Å². The molecule has 2 fully saturated rings. The molecule has 1 saturated carbocycles. The fourth-order valence-electron chi connectivity index (χ4n) is 4.34. The Hall–Kier alpha value is -2.15. The van der Waals surface area contributed by atoms with Gasteiger partial charge in [-0.25, -0.2) is 4.98 Å². The van der Waals surface area contributed by atoms with Crippen LogP contribution < -0.4 is 9.64 Å². The third kappa shape index (κ3) is 5.26. The summed E-state index contributed by atoms with van der Waals surface area (Å²) in [5.74, 6) is 2.80. The van der Waals surface area contributed by atoms with Crippen LogP contribution in [-0.4, -0.2) is 53.5 Å². The van der Waals surface area contributed by atoms with Crippen molar-refractivity contribution in [3.05, 3.63) is 35.7 Å². The molecule has 29 heavy (non-hydrogen) atoms. The molecule has 1 aliphatic heterocycles. The largest absolute Gasteiger partial charge is 0.497 e. The molecule has 0 radical (unpaired) electrons. The van der Waals surface area contributed by atoms with Crippen molar-refractivity contribution in [3.8, 4) is 5.75 Å². The highest BCUT2D eigenvalue weighted by Gasteiger charge is 2.24. The lowest BCUT2D eigenvalue weighted by molar-refractivity contribution is -0.131. The zero-order valence-corrected chi connectivity index (χ0v) is 18.0.